The average molecular weight is 751 g/mol. The fraction of sp³-hybridized carbons (Fsp3) is 0.591. The van der Waals surface area contributed by atoms with E-state index in [4.69, 9.17) is 18.9 Å². The van der Waals surface area contributed by atoms with Crippen LogP contribution in [0.25, 0.3) is 0 Å². The Kier molecular flexibility index (Phi) is 24.7. The zero-order chi connectivity index (χ0) is 39.2. The predicted octanol–water partition coefficient (Wildman–Crippen LogP) is 10.1. The fourth-order valence-corrected chi connectivity index (χ4v) is 5.79. The number of unbranched alkanes of at least 4 members (excludes halogenated alkanes) is 17. The van der Waals surface area contributed by atoms with Crippen LogP contribution in [-0.4, -0.2) is 23.9 Å². The Morgan fingerprint density at radius 1 is 0.352 bits per heavy atom. The van der Waals surface area contributed by atoms with Crippen molar-refractivity contribution in [3.05, 3.63) is 69.0 Å². The molecule has 0 saturated carbocycles. The maximum atomic E-state index is 12.4. The molecule has 0 fully saturated rings. The lowest BCUT2D eigenvalue weighted by Gasteiger charge is -2.04. The minimum atomic E-state index is -0.552. The molecule has 0 aliphatic rings. The molecule has 0 radical (unpaired) electrons. The first-order valence-electron chi connectivity index (χ1n) is 20.3. The van der Waals surface area contributed by atoms with Crippen molar-refractivity contribution in [2.75, 3.05) is 0 Å². The molecular weight excluding hydrogens is 688 g/mol. The molecule has 10 heteroatoms. The van der Waals surface area contributed by atoms with Crippen LogP contribution in [0.15, 0.2) is 58.1 Å². The van der Waals surface area contributed by atoms with Crippen LogP contribution in [0.1, 0.15) is 168 Å². The summed E-state index contributed by atoms with van der Waals surface area (Å²) < 4.78 is 21.2. The third kappa shape index (κ3) is 22.0. The lowest BCUT2D eigenvalue weighted by molar-refractivity contribution is -0.136. The summed E-state index contributed by atoms with van der Waals surface area (Å²) in [6, 6.07) is 10.5. The van der Waals surface area contributed by atoms with E-state index >= 15 is 0 Å². The first-order valence-corrected chi connectivity index (χ1v) is 20.3. The van der Waals surface area contributed by atoms with Crippen molar-refractivity contribution in [2.45, 2.75) is 168 Å². The van der Waals surface area contributed by atoms with Gasteiger partial charge in [0.1, 0.15) is 11.5 Å². The van der Waals surface area contributed by atoms with E-state index in [9.17, 15) is 28.8 Å². The minimum absolute atomic E-state index is 0.0182. The highest BCUT2D eigenvalue weighted by Gasteiger charge is 2.12. The number of carbonyl (C=O) groups is 4. The summed E-state index contributed by atoms with van der Waals surface area (Å²) in [5.74, 6) is -2.05. The van der Waals surface area contributed by atoms with Crippen molar-refractivity contribution in [3.8, 4) is 23.0 Å². The van der Waals surface area contributed by atoms with Crippen molar-refractivity contribution < 1.29 is 38.1 Å². The summed E-state index contributed by atoms with van der Waals surface area (Å²) in [4.78, 5) is 74.2. The number of carbonyl (C=O) groups excluding carboxylic acids is 4. The highest BCUT2D eigenvalue weighted by Crippen LogP contribution is 2.17. The molecule has 2 aromatic carbocycles. The summed E-state index contributed by atoms with van der Waals surface area (Å²) in [6.45, 7) is 4.40. The molecule has 0 bridgehead atoms. The molecule has 0 aliphatic heterocycles. The van der Waals surface area contributed by atoms with Gasteiger partial charge in [0.05, 0.1) is 0 Å². The third-order valence-corrected chi connectivity index (χ3v) is 8.97. The minimum Gasteiger partial charge on any atom is -0.427 e. The number of esters is 4. The summed E-state index contributed by atoms with van der Waals surface area (Å²) in [5.41, 5.74) is -1.01. The van der Waals surface area contributed by atoms with Crippen molar-refractivity contribution in [2.24, 2.45) is 0 Å². The second kappa shape index (κ2) is 29.1. The first-order chi connectivity index (χ1) is 26.2. The maximum Gasteiger partial charge on any atom is 0.311 e. The molecule has 0 saturated heterocycles. The monoisotopic (exact) mass is 750 g/mol. The lowest BCUT2D eigenvalue weighted by Crippen LogP contribution is -2.12. The van der Waals surface area contributed by atoms with Crippen LogP contribution in [0.3, 0.4) is 0 Å². The van der Waals surface area contributed by atoms with Gasteiger partial charge in [-0.1, -0.05) is 117 Å². The van der Waals surface area contributed by atoms with Crippen LogP contribution < -0.4 is 29.8 Å². The van der Waals surface area contributed by atoms with Crippen LogP contribution in [0.5, 0.6) is 23.0 Å². The number of ether oxygens (including phenoxy) is 4. The van der Waals surface area contributed by atoms with Crippen molar-refractivity contribution in [1.82, 2.24) is 0 Å². The van der Waals surface area contributed by atoms with Gasteiger partial charge < -0.3 is 18.9 Å². The van der Waals surface area contributed by atoms with Gasteiger partial charge in [0, 0.05) is 25.7 Å². The standard InChI is InChI=1S/C44H62O10/c1-3-5-7-9-11-13-15-17-19-23-43(49)53-39-33-29-35(27-31-37(39)45)51-41(47)25-21-22-26-42(48)52-36-28-32-38(46)40(34-30-36)54-44(50)24-20-18-16-14-12-10-8-6-4-2/h27-34H,3-26H2,1-2H3. The summed E-state index contributed by atoms with van der Waals surface area (Å²) in [6.07, 6.45) is 21.4. The highest BCUT2D eigenvalue weighted by molar-refractivity contribution is 5.74. The number of hydrogen-bond acceptors (Lipinski definition) is 10. The molecule has 0 spiro atoms. The van der Waals surface area contributed by atoms with E-state index in [0.717, 1.165) is 38.5 Å². The molecule has 2 aromatic rings. The normalized spacial score (nSPS) is 10.8. The largest absolute Gasteiger partial charge is 0.427 e. The van der Waals surface area contributed by atoms with Crippen LogP contribution in [-0.2, 0) is 19.2 Å². The van der Waals surface area contributed by atoms with E-state index in [0.29, 0.717) is 25.7 Å². The van der Waals surface area contributed by atoms with Gasteiger partial charge in [0.25, 0.3) is 0 Å². The summed E-state index contributed by atoms with van der Waals surface area (Å²) in [7, 11) is 0. The molecule has 0 aromatic heterocycles. The molecule has 2 rings (SSSR count). The van der Waals surface area contributed by atoms with E-state index in [1.165, 1.54) is 113 Å². The molecule has 10 nitrogen and oxygen atoms in total. The lowest BCUT2D eigenvalue weighted by atomic mass is 10.1. The quantitative estimate of drug-likeness (QED) is 0.0583. The van der Waals surface area contributed by atoms with Crippen LogP contribution >= 0.6 is 0 Å². The Bertz CT molecular complexity index is 1420. The second-order valence-corrected chi connectivity index (χ2v) is 13.9. The second-order valence-electron chi connectivity index (χ2n) is 13.9. The SMILES string of the molecule is CCCCCCCCCCCC(=O)Oc1ccc(OC(=O)CCCCC(=O)Oc2ccc(OC(=O)CCCCCCCCCCC)c(=O)cc2)ccc1=O. The summed E-state index contributed by atoms with van der Waals surface area (Å²) in [5, 5.41) is 0. The maximum absolute atomic E-state index is 12.4. The van der Waals surface area contributed by atoms with Gasteiger partial charge in [-0.3, -0.25) is 28.8 Å². The zero-order valence-corrected chi connectivity index (χ0v) is 32.7. The topological polar surface area (TPSA) is 139 Å². The van der Waals surface area contributed by atoms with Gasteiger partial charge in [-0.2, -0.15) is 0 Å². The molecule has 0 atom stereocenters. The van der Waals surface area contributed by atoms with Gasteiger partial charge in [-0.15, -0.1) is 0 Å². The van der Waals surface area contributed by atoms with Crippen molar-refractivity contribution in [1.29, 1.82) is 0 Å². The van der Waals surface area contributed by atoms with Gasteiger partial charge in [0.15, 0.2) is 11.5 Å². The van der Waals surface area contributed by atoms with E-state index in [-0.39, 0.29) is 48.7 Å². The third-order valence-electron chi connectivity index (χ3n) is 8.97. The highest BCUT2D eigenvalue weighted by atomic mass is 16.5. The average Bonchev–Trinajstić information content (AvgIpc) is 3.43. The Morgan fingerprint density at radius 3 is 0.944 bits per heavy atom. The smallest absolute Gasteiger partial charge is 0.311 e. The van der Waals surface area contributed by atoms with Crippen LogP contribution in [0.2, 0.25) is 0 Å². The Labute approximate surface area is 321 Å². The van der Waals surface area contributed by atoms with Crippen molar-refractivity contribution >= 4 is 23.9 Å². The summed E-state index contributed by atoms with van der Waals surface area (Å²) >= 11 is 0. The molecule has 298 valence electrons. The van der Waals surface area contributed by atoms with Gasteiger partial charge in [0.2, 0.25) is 10.9 Å². The van der Waals surface area contributed by atoms with Crippen LogP contribution in [0.4, 0.5) is 0 Å². The predicted molar refractivity (Wildman–Crippen MR) is 210 cm³/mol. The Morgan fingerprint density at radius 2 is 0.611 bits per heavy atom. The number of rotatable bonds is 29. The molecule has 0 amide bonds. The van der Waals surface area contributed by atoms with Gasteiger partial charge in [-0.05, 0) is 74.2 Å². The van der Waals surface area contributed by atoms with Crippen LogP contribution in [0, 0.1) is 0 Å². The van der Waals surface area contributed by atoms with E-state index in [1.807, 2.05) is 0 Å². The molecular formula is C44H62O10. The molecule has 0 aliphatic carbocycles. The van der Waals surface area contributed by atoms with Crippen molar-refractivity contribution in [3.63, 3.8) is 0 Å². The Balaban J connectivity index is 1.66. The Hall–Kier alpha value is -4.34. The molecule has 54 heavy (non-hydrogen) atoms. The van der Waals surface area contributed by atoms with E-state index in [1.54, 1.807) is 0 Å². The van der Waals surface area contributed by atoms with Gasteiger partial charge >= 0.3 is 23.9 Å². The van der Waals surface area contributed by atoms with Gasteiger partial charge in [-0.25, -0.2) is 0 Å². The molecule has 0 N–H and O–H groups in total. The van der Waals surface area contributed by atoms with E-state index < -0.39 is 34.7 Å². The van der Waals surface area contributed by atoms with E-state index in [2.05, 4.69) is 13.8 Å². The fourth-order valence-electron chi connectivity index (χ4n) is 5.79. The zero-order valence-electron chi connectivity index (χ0n) is 32.7. The number of hydrogen-bond donors (Lipinski definition) is 0. The first kappa shape index (κ1) is 45.8. The molecule has 0 unspecified atom stereocenters. The molecule has 0 heterocycles.